The SMILES string of the molecule is CC(=O)NCCN(C(=O)Cc1cccc(F)c1)C(C)C(=O)O. The normalized spacial score (nSPS) is 11.6. The minimum absolute atomic E-state index is 0.0706. The quantitative estimate of drug-likeness (QED) is 0.780. The first-order valence-electron chi connectivity index (χ1n) is 6.82. The fraction of sp³-hybridized carbons (Fsp3) is 0.400. The Kier molecular flexibility index (Phi) is 6.49. The van der Waals surface area contributed by atoms with Crippen molar-refractivity contribution in [1.29, 1.82) is 0 Å². The second-order valence-electron chi connectivity index (χ2n) is 4.89. The van der Waals surface area contributed by atoms with Crippen LogP contribution in [0.2, 0.25) is 0 Å². The number of rotatable bonds is 7. The Morgan fingerprint density at radius 3 is 2.59 bits per heavy atom. The summed E-state index contributed by atoms with van der Waals surface area (Å²) in [6, 6.07) is 4.55. The van der Waals surface area contributed by atoms with Gasteiger partial charge in [-0.15, -0.1) is 0 Å². The van der Waals surface area contributed by atoms with Crippen LogP contribution in [0.15, 0.2) is 24.3 Å². The van der Waals surface area contributed by atoms with Crippen LogP contribution in [0, 0.1) is 5.82 Å². The van der Waals surface area contributed by atoms with E-state index in [1.54, 1.807) is 6.07 Å². The Labute approximate surface area is 127 Å². The molecule has 22 heavy (non-hydrogen) atoms. The predicted molar refractivity (Wildman–Crippen MR) is 77.6 cm³/mol. The third-order valence-corrected chi connectivity index (χ3v) is 3.12. The predicted octanol–water partition coefficient (Wildman–Crippen LogP) is 0.806. The minimum Gasteiger partial charge on any atom is -0.480 e. The van der Waals surface area contributed by atoms with Gasteiger partial charge in [0.05, 0.1) is 6.42 Å². The molecule has 0 saturated heterocycles. The van der Waals surface area contributed by atoms with Gasteiger partial charge in [-0.25, -0.2) is 9.18 Å². The van der Waals surface area contributed by atoms with Gasteiger partial charge in [0, 0.05) is 20.0 Å². The molecule has 6 nitrogen and oxygen atoms in total. The molecule has 120 valence electrons. The Hall–Kier alpha value is -2.44. The molecular formula is C15H19FN2O4. The Bertz CT molecular complexity index is 562. The Balaban J connectivity index is 2.78. The van der Waals surface area contributed by atoms with Crippen molar-refractivity contribution in [3.63, 3.8) is 0 Å². The number of hydrogen-bond donors (Lipinski definition) is 2. The number of amides is 2. The van der Waals surface area contributed by atoms with Gasteiger partial charge >= 0.3 is 5.97 Å². The molecule has 1 aromatic rings. The molecule has 2 N–H and O–H groups in total. The van der Waals surface area contributed by atoms with Gasteiger partial charge in [-0.05, 0) is 24.6 Å². The van der Waals surface area contributed by atoms with Gasteiger partial charge in [0.25, 0.3) is 0 Å². The summed E-state index contributed by atoms with van der Waals surface area (Å²) in [6.45, 7) is 2.95. The molecule has 0 aliphatic rings. The number of hydrogen-bond acceptors (Lipinski definition) is 3. The van der Waals surface area contributed by atoms with Gasteiger partial charge in [-0.3, -0.25) is 9.59 Å². The van der Waals surface area contributed by atoms with Gasteiger partial charge in [0.2, 0.25) is 11.8 Å². The lowest BCUT2D eigenvalue weighted by Crippen LogP contribution is -2.47. The van der Waals surface area contributed by atoms with Gasteiger partial charge in [-0.1, -0.05) is 12.1 Å². The number of aliphatic carboxylic acids is 1. The van der Waals surface area contributed by atoms with Crippen LogP contribution in [0.25, 0.3) is 0 Å². The molecule has 1 unspecified atom stereocenters. The molecule has 2 amide bonds. The van der Waals surface area contributed by atoms with Crippen molar-refractivity contribution in [2.75, 3.05) is 13.1 Å². The molecule has 0 spiro atoms. The first-order valence-corrected chi connectivity index (χ1v) is 6.82. The van der Waals surface area contributed by atoms with Gasteiger partial charge in [0.1, 0.15) is 11.9 Å². The van der Waals surface area contributed by atoms with Crippen molar-refractivity contribution in [1.82, 2.24) is 10.2 Å². The summed E-state index contributed by atoms with van der Waals surface area (Å²) in [4.78, 5) is 35.4. The summed E-state index contributed by atoms with van der Waals surface area (Å²) in [5.74, 6) is -2.30. The maximum absolute atomic E-state index is 13.1. The minimum atomic E-state index is -1.14. The molecule has 0 aliphatic heterocycles. The summed E-state index contributed by atoms with van der Waals surface area (Å²) in [5.41, 5.74) is 0.465. The summed E-state index contributed by atoms with van der Waals surface area (Å²) in [5, 5.41) is 11.6. The summed E-state index contributed by atoms with van der Waals surface area (Å²) in [7, 11) is 0. The van der Waals surface area contributed by atoms with E-state index in [4.69, 9.17) is 5.11 Å². The molecule has 0 fully saturated rings. The largest absolute Gasteiger partial charge is 0.480 e. The van der Waals surface area contributed by atoms with Crippen LogP contribution in [0.3, 0.4) is 0 Å². The van der Waals surface area contributed by atoms with Crippen LogP contribution < -0.4 is 5.32 Å². The summed E-state index contributed by atoms with van der Waals surface area (Å²) >= 11 is 0. The molecule has 1 aromatic carbocycles. The number of nitrogens with zero attached hydrogens (tertiary/aromatic N) is 1. The number of carbonyl (C=O) groups is 3. The molecule has 1 rings (SSSR count). The van der Waals surface area contributed by atoms with Gasteiger partial charge in [0.15, 0.2) is 0 Å². The highest BCUT2D eigenvalue weighted by molar-refractivity contribution is 5.84. The fourth-order valence-corrected chi connectivity index (χ4v) is 1.94. The van der Waals surface area contributed by atoms with Crippen molar-refractivity contribution in [2.24, 2.45) is 0 Å². The first-order chi connectivity index (χ1) is 10.3. The molecule has 0 heterocycles. The van der Waals surface area contributed by atoms with Crippen molar-refractivity contribution in [3.05, 3.63) is 35.6 Å². The number of carboxylic acid groups (broad SMARTS) is 1. The molecule has 0 aliphatic carbocycles. The molecule has 7 heteroatoms. The third kappa shape index (κ3) is 5.51. The van der Waals surface area contributed by atoms with Crippen LogP contribution in [0.1, 0.15) is 19.4 Å². The third-order valence-electron chi connectivity index (χ3n) is 3.12. The number of halogens is 1. The van der Waals surface area contributed by atoms with Crippen LogP contribution in [-0.2, 0) is 20.8 Å². The zero-order valence-corrected chi connectivity index (χ0v) is 12.5. The van der Waals surface area contributed by atoms with E-state index in [2.05, 4.69) is 5.32 Å². The maximum atomic E-state index is 13.1. The topological polar surface area (TPSA) is 86.7 Å². The molecular weight excluding hydrogens is 291 g/mol. The smallest absolute Gasteiger partial charge is 0.326 e. The highest BCUT2D eigenvalue weighted by atomic mass is 19.1. The lowest BCUT2D eigenvalue weighted by molar-refractivity contribution is -0.149. The van der Waals surface area contributed by atoms with Gasteiger partial charge < -0.3 is 15.3 Å². The van der Waals surface area contributed by atoms with E-state index in [-0.39, 0.29) is 25.4 Å². The number of nitrogens with one attached hydrogen (secondary N) is 1. The molecule has 0 aromatic heterocycles. The van der Waals surface area contributed by atoms with E-state index in [0.717, 1.165) is 4.90 Å². The highest BCUT2D eigenvalue weighted by Gasteiger charge is 2.25. The Morgan fingerprint density at radius 2 is 2.05 bits per heavy atom. The molecule has 1 atom stereocenters. The average Bonchev–Trinajstić information content (AvgIpc) is 2.42. The van der Waals surface area contributed by atoms with Crippen molar-refractivity contribution >= 4 is 17.8 Å². The summed E-state index contributed by atoms with van der Waals surface area (Å²) < 4.78 is 13.1. The number of carboxylic acids is 1. The van der Waals surface area contributed by atoms with E-state index in [1.807, 2.05) is 0 Å². The standard InChI is InChI=1S/C15H19FN2O4/c1-10(15(21)22)18(7-6-17-11(2)19)14(20)9-12-4-3-5-13(16)8-12/h3-5,8,10H,6-7,9H2,1-2H3,(H,17,19)(H,21,22). The van der Waals surface area contributed by atoms with Gasteiger partial charge in [-0.2, -0.15) is 0 Å². The van der Waals surface area contributed by atoms with Crippen molar-refractivity contribution in [2.45, 2.75) is 26.3 Å². The van der Waals surface area contributed by atoms with Crippen molar-refractivity contribution in [3.8, 4) is 0 Å². The summed E-state index contributed by atoms with van der Waals surface area (Å²) in [6.07, 6.45) is -0.102. The lowest BCUT2D eigenvalue weighted by atomic mass is 10.1. The first kappa shape index (κ1) is 17.6. The van der Waals surface area contributed by atoms with Crippen molar-refractivity contribution < 1.29 is 23.9 Å². The molecule has 0 saturated carbocycles. The zero-order chi connectivity index (χ0) is 16.7. The average molecular weight is 310 g/mol. The van der Waals surface area contributed by atoms with Crippen LogP contribution in [-0.4, -0.2) is 46.9 Å². The Morgan fingerprint density at radius 1 is 1.36 bits per heavy atom. The van der Waals surface area contributed by atoms with E-state index < -0.39 is 23.7 Å². The van der Waals surface area contributed by atoms with Crippen LogP contribution in [0.5, 0.6) is 0 Å². The second kappa shape index (κ2) is 8.11. The van der Waals surface area contributed by atoms with Crippen LogP contribution >= 0.6 is 0 Å². The highest BCUT2D eigenvalue weighted by Crippen LogP contribution is 2.08. The van der Waals surface area contributed by atoms with E-state index in [0.29, 0.717) is 5.56 Å². The van der Waals surface area contributed by atoms with E-state index >= 15 is 0 Å². The monoisotopic (exact) mass is 310 g/mol. The number of carbonyl (C=O) groups excluding carboxylic acids is 2. The maximum Gasteiger partial charge on any atom is 0.326 e. The molecule has 0 radical (unpaired) electrons. The fourth-order valence-electron chi connectivity index (χ4n) is 1.94. The van der Waals surface area contributed by atoms with E-state index in [1.165, 1.54) is 32.0 Å². The lowest BCUT2D eigenvalue weighted by Gasteiger charge is -2.26. The van der Waals surface area contributed by atoms with E-state index in [9.17, 15) is 18.8 Å². The zero-order valence-electron chi connectivity index (χ0n) is 12.5. The molecule has 0 bridgehead atoms. The number of benzene rings is 1. The second-order valence-corrected chi connectivity index (χ2v) is 4.89. The van der Waals surface area contributed by atoms with Crippen LogP contribution in [0.4, 0.5) is 4.39 Å².